The van der Waals surface area contributed by atoms with Crippen LogP contribution in [0.2, 0.25) is 5.02 Å². The molecule has 1 aromatic carbocycles. The quantitative estimate of drug-likeness (QED) is 0.329. The van der Waals surface area contributed by atoms with Gasteiger partial charge in [0.25, 0.3) is 0 Å². The summed E-state index contributed by atoms with van der Waals surface area (Å²) in [5, 5.41) is 11.5. The number of rotatable bonds is 4. The lowest BCUT2D eigenvalue weighted by atomic mass is 9.97. The molecule has 0 radical (unpaired) electrons. The lowest BCUT2D eigenvalue weighted by Crippen LogP contribution is -2.50. The van der Waals surface area contributed by atoms with Crippen molar-refractivity contribution in [2.75, 3.05) is 23.7 Å². The van der Waals surface area contributed by atoms with Crippen LogP contribution in [-0.4, -0.2) is 57.5 Å². The van der Waals surface area contributed by atoms with E-state index in [1.807, 2.05) is 25.7 Å². The number of fused-ring (bicyclic) bond motifs is 5. The Morgan fingerprint density at radius 3 is 2.74 bits per heavy atom. The molecule has 0 saturated carbocycles. The van der Waals surface area contributed by atoms with Crippen LogP contribution in [0.25, 0.3) is 10.9 Å². The molecule has 3 aliphatic rings. The molecule has 2 bridgehead atoms. The first-order valence-corrected chi connectivity index (χ1v) is 13.9. The third-order valence-corrected chi connectivity index (χ3v) is 8.77. The molecular weight excluding hydrogens is 554 g/mol. The molecule has 2 saturated heterocycles. The van der Waals surface area contributed by atoms with Gasteiger partial charge in [-0.25, -0.2) is 14.8 Å². The first-order chi connectivity index (χ1) is 16.6. The normalized spacial score (nSPS) is 23.2. The van der Waals surface area contributed by atoms with E-state index in [0.717, 1.165) is 39.0 Å². The smallest absolute Gasteiger partial charge is 0.410 e. The molecule has 3 atom stereocenters. The summed E-state index contributed by atoms with van der Waals surface area (Å²) in [5.74, 6) is 1.63. The van der Waals surface area contributed by atoms with Crippen molar-refractivity contribution in [2.24, 2.45) is 0 Å². The van der Waals surface area contributed by atoms with Gasteiger partial charge in [-0.15, -0.1) is 0 Å². The van der Waals surface area contributed by atoms with Crippen molar-refractivity contribution in [1.82, 2.24) is 14.9 Å². The second kappa shape index (κ2) is 9.25. The van der Waals surface area contributed by atoms with Gasteiger partial charge in [0.05, 0.1) is 53.2 Å². The minimum Gasteiger partial charge on any atom is -0.444 e. The summed E-state index contributed by atoms with van der Waals surface area (Å²) >= 11 is 12.0. The van der Waals surface area contributed by atoms with E-state index in [1.54, 1.807) is 11.8 Å². The molecule has 4 heterocycles. The Kier molecular flexibility index (Phi) is 6.58. The van der Waals surface area contributed by atoms with Gasteiger partial charge in [-0.3, -0.25) is 0 Å². The molecule has 0 N–H and O–H groups in total. The van der Waals surface area contributed by atoms with Crippen molar-refractivity contribution in [3.05, 3.63) is 20.6 Å². The highest BCUT2D eigenvalue weighted by molar-refractivity contribution is 9.10. The third-order valence-electron chi connectivity index (χ3n) is 6.57. The highest BCUT2D eigenvalue weighted by Crippen LogP contribution is 2.49. The topological polar surface area (TPSA) is 91.6 Å². The maximum atomic E-state index is 12.8. The Hall–Kier alpha value is -1.80. The minimum absolute atomic E-state index is 0.0484. The summed E-state index contributed by atoms with van der Waals surface area (Å²) < 4.78 is 12.4. The van der Waals surface area contributed by atoms with Crippen molar-refractivity contribution < 1.29 is 14.3 Å². The van der Waals surface area contributed by atoms with Gasteiger partial charge in [0, 0.05) is 28.7 Å². The molecule has 0 aliphatic carbocycles. The van der Waals surface area contributed by atoms with Gasteiger partial charge in [0.2, 0.25) is 0 Å². The van der Waals surface area contributed by atoms with Gasteiger partial charge in [-0.05, 0) is 48.9 Å². The van der Waals surface area contributed by atoms with Crippen LogP contribution in [0.1, 0.15) is 57.8 Å². The van der Waals surface area contributed by atoms with Gasteiger partial charge in [0.15, 0.2) is 5.16 Å². The van der Waals surface area contributed by atoms with Crippen molar-refractivity contribution >= 4 is 62.1 Å². The van der Waals surface area contributed by atoms with Gasteiger partial charge >= 0.3 is 6.09 Å². The summed E-state index contributed by atoms with van der Waals surface area (Å²) in [6.45, 7) is 9.31. The molecule has 1 aromatic heterocycles. The summed E-state index contributed by atoms with van der Waals surface area (Å²) in [7, 11) is 0. The van der Waals surface area contributed by atoms with Crippen LogP contribution in [0.3, 0.4) is 0 Å². The van der Waals surface area contributed by atoms with E-state index < -0.39 is 5.60 Å². The van der Waals surface area contributed by atoms with E-state index in [9.17, 15) is 10.1 Å². The SMILES string of the molecule is CCSc1nc(N2CC3CC2CN3C(=O)OC(C)(C)C)c2c3c(c(Br)c(Cl)c2n1)COC3CC#N. The van der Waals surface area contributed by atoms with E-state index >= 15 is 0 Å². The fourth-order valence-corrected chi connectivity index (χ4v) is 6.55. The van der Waals surface area contributed by atoms with Crippen LogP contribution < -0.4 is 4.90 Å². The lowest BCUT2D eigenvalue weighted by molar-refractivity contribution is 0.0214. The number of anilines is 1. The maximum absolute atomic E-state index is 12.8. The van der Waals surface area contributed by atoms with Gasteiger partial charge in [0.1, 0.15) is 11.4 Å². The second-order valence-corrected chi connectivity index (χ2v) is 12.4. The van der Waals surface area contributed by atoms with Crippen molar-refractivity contribution in [3.63, 3.8) is 0 Å². The number of hydrogen-bond acceptors (Lipinski definition) is 8. The summed E-state index contributed by atoms with van der Waals surface area (Å²) in [5.41, 5.74) is 2.02. The van der Waals surface area contributed by atoms with E-state index in [1.165, 1.54) is 0 Å². The zero-order valence-corrected chi connectivity index (χ0v) is 23.3. The number of thioether (sulfide) groups is 1. The third kappa shape index (κ3) is 4.35. The summed E-state index contributed by atoms with van der Waals surface area (Å²) in [6.07, 6.45) is 0.455. The number of benzene rings is 1. The maximum Gasteiger partial charge on any atom is 0.410 e. The predicted molar refractivity (Wildman–Crippen MR) is 139 cm³/mol. The van der Waals surface area contributed by atoms with Crippen LogP contribution in [0, 0.1) is 11.3 Å². The molecule has 2 aromatic rings. The first-order valence-electron chi connectivity index (χ1n) is 11.7. The molecule has 1 amide bonds. The van der Waals surface area contributed by atoms with E-state index in [2.05, 4.69) is 33.8 Å². The number of nitrogens with zero attached hydrogens (tertiary/aromatic N) is 5. The molecule has 5 rings (SSSR count). The standard InChI is InChI=1S/C24H27BrClN5O3S/c1-5-35-22-28-20-17(16-14(18(25)19(20)26)11-33-15(16)6-7-27)21(29-22)30-9-13-8-12(30)10-31(13)23(32)34-24(2,3)4/h12-13,15H,5-6,8-11H2,1-4H3. The Morgan fingerprint density at radius 2 is 2.11 bits per heavy atom. The van der Waals surface area contributed by atoms with Crippen molar-refractivity contribution in [2.45, 2.75) is 76.1 Å². The molecule has 3 unspecified atom stereocenters. The Labute approximate surface area is 222 Å². The number of amides is 1. The van der Waals surface area contributed by atoms with Crippen LogP contribution in [0.4, 0.5) is 10.6 Å². The van der Waals surface area contributed by atoms with Crippen molar-refractivity contribution in [3.8, 4) is 6.07 Å². The number of ether oxygens (including phenoxy) is 2. The molecule has 186 valence electrons. The Balaban J connectivity index is 1.60. The fraction of sp³-hybridized carbons (Fsp3) is 0.583. The largest absolute Gasteiger partial charge is 0.444 e. The predicted octanol–water partition coefficient (Wildman–Crippen LogP) is 5.84. The number of hydrogen-bond donors (Lipinski definition) is 0. The molecule has 8 nitrogen and oxygen atoms in total. The zero-order valence-electron chi connectivity index (χ0n) is 20.1. The Morgan fingerprint density at radius 1 is 1.34 bits per heavy atom. The van der Waals surface area contributed by atoms with Gasteiger partial charge in [-0.1, -0.05) is 30.3 Å². The second-order valence-electron chi connectivity index (χ2n) is 10.00. The van der Waals surface area contributed by atoms with E-state index in [0.29, 0.717) is 35.4 Å². The zero-order chi connectivity index (χ0) is 25.1. The van der Waals surface area contributed by atoms with Crippen LogP contribution in [0.5, 0.6) is 0 Å². The number of carbonyl (C=O) groups is 1. The number of nitriles is 1. The molecule has 35 heavy (non-hydrogen) atoms. The average molecular weight is 581 g/mol. The van der Waals surface area contributed by atoms with Gasteiger partial charge < -0.3 is 19.3 Å². The lowest BCUT2D eigenvalue weighted by Gasteiger charge is -2.36. The average Bonchev–Trinajstić information content (AvgIpc) is 3.51. The van der Waals surface area contributed by atoms with Gasteiger partial charge in [-0.2, -0.15) is 5.26 Å². The fourth-order valence-electron chi connectivity index (χ4n) is 5.22. The first kappa shape index (κ1) is 24.9. The Bertz CT molecular complexity index is 1250. The van der Waals surface area contributed by atoms with E-state index in [4.69, 9.17) is 31.0 Å². The van der Waals surface area contributed by atoms with Crippen LogP contribution in [-0.2, 0) is 16.1 Å². The van der Waals surface area contributed by atoms with E-state index in [-0.39, 0.29) is 30.7 Å². The molecular formula is C24H27BrClN5O3S. The number of likely N-dealkylation sites (tertiary alicyclic amines) is 1. The minimum atomic E-state index is -0.534. The number of carbonyl (C=O) groups excluding carboxylic acids is 1. The molecule has 2 fully saturated rings. The number of aromatic nitrogens is 2. The highest BCUT2D eigenvalue weighted by Gasteiger charge is 2.48. The van der Waals surface area contributed by atoms with Crippen LogP contribution >= 0.6 is 39.3 Å². The molecule has 11 heteroatoms. The van der Waals surface area contributed by atoms with Crippen molar-refractivity contribution in [1.29, 1.82) is 5.26 Å². The molecule has 0 spiro atoms. The van der Waals surface area contributed by atoms with Crippen LogP contribution in [0.15, 0.2) is 9.63 Å². The molecule has 3 aliphatic heterocycles. The number of halogens is 2. The highest BCUT2D eigenvalue weighted by atomic mass is 79.9. The number of piperazine rings is 1. The summed E-state index contributed by atoms with van der Waals surface area (Å²) in [4.78, 5) is 26.7. The summed E-state index contributed by atoms with van der Waals surface area (Å²) in [6, 6.07) is 2.40. The monoisotopic (exact) mass is 579 g/mol.